The van der Waals surface area contributed by atoms with E-state index in [0.29, 0.717) is 0 Å². The summed E-state index contributed by atoms with van der Waals surface area (Å²) in [4.78, 5) is 13.3. The number of anilines is 1. The van der Waals surface area contributed by atoms with Crippen molar-refractivity contribution in [2.45, 2.75) is 27.7 Å². The zero-order chi connectivity index (χ0) is 22.8. The molecule has 0 saturated heterocycles. The topological polar surface area (TPSA) is 75.1 Å². The molecule has 0 aliphatic carbocycles. The van der Waals surface area contributed by atoms with Crippen LogP contribution >= 0.6 is 0 Å². The maximum absolute atomic E-state index is 11.3. The van der Waals surface area contributed by atoms with Crippen LogP contribution in [-0.4, -0.2) is 24.6 Å². The van der Waals surface area contributed by atoms with Crippen molar-refractivity contribution in [3.8, 4) is 17.3 Å². The molecule has 2 N–H and O–H groups in total. The van der Waals surface area contributed by atoms with Crippen molar-refractivity contribution in [1.29, 1.82) is 5.26 Å². The first kappa shape index (κ1) is 24.5. The number of nitriles is 1. The number of fused-ring (bicyclic) bond motifs is 1. The fourth-order valence-electron chi connectivity index (χ4n) is 2.94. The molecule has 0 radical (unpaired) electrons. The molecule has 0 saturated carbocycles. The Kier molecular flexibility index (Phi) is 9.38. The number of carbonyl (C=O) groups is 1. The van der Waals surface area contributed by atoms with E-state index in [4.69, 9.17) is 11.0 Å². The molecule has 30 heavy (non-hydrogen) atoms. The predicted molar refractivity (Wildman–Crippen MR) is 128 cm³/mol. The zero-order valence-electron chi connectivity index (χ0n) is 19.0. The molecular weight excluding hydrogens is 372 g/mol. The van der Waals surface area contributed by atoms with E-state index in [1.54, 1.807) is 0 Å². The number of aromatic nitrogens is 1. The molecule has 5 nitrogen and oxygen atoms in total. The fraction of sp³-hybridized carbons (Fsp3) is 0.280. The summed E-state index contributed by atoms with van der Waals surface area (Å²) in [5, 5.41) is 11.4. The van der Waals surface area contributed by atoms with Gasteiger partial charge in [0.25, 0.3) is 5.91 Å². The molecule has 5 heteroatoms. The number of benzene rings is 2. The van der Waals surface area contributed by atoms with E-state index in [0.717, 1.165) is 28.0 Å². The standard InChI is InChI=1S/C21H20N4O.2C2H6/c1-24(2)18-7-6-14-10-16(5-4-15(14)11-18)20-9-8-19(25(20)3)12-17(13-22)21(23)26;2*1-2/h4-12H,1-3H3,(H2,23,26);2*1-2H3/b17-12+;;. The van der Waals surface area contributed by atoms with Crippen molar-refractivity contribution >= 4 is 28.4 Å². The number of carbonyl (C=O) groups excluding carboxylic acids is 1. The first-order valence-electron chi connectivity index (χ1n) is 10.2. The van der Waals surface area contributed by atoms with E-state index < -0.39 is 5.91 Å². The average Bonchev–Trinajstić information content (AvgIpc) is 3.13. The van der Waals surface area contributed by atoms with Crippen molar-refractivity contribution in [1.82, 2.24) is 4.57 Å². The molecule has 0 unspecified atom stereocenters. The maximum atomic E-state index is 11.3. The molecule has 0 atom stereocenters. The van der Waals surface area contributed by atoms with Crippen LogP contribution in [0.2, 0.25) is 0 Å². The Morgan fingerprint density at radius 3 is 2.17 bits per heavy atom. The molecule has 2 aromatic carbocycles. The van der Waals surface area contributed by atoms with Crippen LogP contribution in [0, 0.1) is 11.3 Å². The summed E-state index contributed by atoms with van der Waals surface area (Å²) in [6, 6.07) is 18.3. The lowest BCUT2D eigenvalue weighted by Gasteiger charge is -2.13. The van der Waals surface area contributed by atoms with Crippen LogP contribution in [0.3, 0.4) is 0 Å². The molecule has 0 aliphatic rings. The molecule has 0 spiro atoms. The lowest BCUT2D eigenvalue weighted by Crippen LogP contribution is -2.12. The SMILES string of the molecule is CC.CC.CN(C)c1ccc2cc(-c3ccc(/C=C(\C#N)C(N)=O)n3C)ccc2c1. The Bertz CT molecular complexity index is 1070. The van der Waals surface area contributed by atoms with Gasteiger partial charge in [0.1, 0.15) is 11.6 Å². The Morgan fingerprint density at radius 1 is 1.00 bits per heavy atom. The van der Waals surface area contributed by atoms with Crippen molar-refractivity contribution in [2.75, 3.05) is 19.0 Å². The van der Waals surface area contributed by atoms with Gasteiger partial charge in [0.05, 0.1) is 0 Å². The van der Waals surface area contributed by atoms with Gasteiger partial charge < -0.3 is 15.2 Å². The summed E-state index contributed by atoms with van der Waals surface area (Å²) in [7, 11) is 5.95. The summed E-state index contributed by atoms with van der Waals surface area (Å²) in [6.07, 6.45) is 1.51. The highest BCUT2D eigenvalue weighted by atomic mass is 16.1. The molecule has 0 bridgehead atoms. The van der Waals surface area contributed by atoms with E-state index in [1.807, 2.05) is 71.6 Å². The number of hydrogen-bond acceptors (Lipinski definition) is 3. The van der Waals surface area contributed by atoms with E-state index in [-0.39, 0.29) is 5.57 Å². The van der Waals surface area contributed by atoms with Crippen LogP contribution in [0.1, 0.15) is 33.4 Å². The van der Waals surface area contributed by atoms with Gasteiger partial charge in [0.15, 0.2) is 0 Å². The second-order valence-corrected chi connectivity index (χ2v) is 6.38. The van der Waals surface area contributed by atoms with Crippen LogP contribution in [0.4, 0.5) is 5.69 Å². The van der Waals surface area contributed by atoms with Crippen LogP contribution in [0.15, 0.2) is 54.1 Å². The lowest BCUT2D eigenvalue weighted by atomic mass is 10.0. The quantitative estimate of drug-likeness (QED) is 0.470. The fourth-order valence-corrected chi connectivity index (χ4v) is 2.94. The Labute approximate surface area is 180 Å². The second kappa shape index (κ2) is 11.5. The third-order valence-corrected chi connectivity index (χ3v) is 4.47. The Morgan fingerprint density at radius 2 is 1.60 bits per heavy atom. The summed E-state index contributed by atoms with van der Waals surface area (Å²) < 4.78 is 1.94. The van der Waals surface area contributed by atoms with Gasteiger partial charge in [-0.2, -0.15) is 5.26 Å². The molecule has 158 valence electrons. The molecule has 0 aliphatic heterocycles. The Hall–Kier alpha value is -3.52. The highest BCUT2D eigenvalue weighted by Gasteiger charge is 2.10. The van der Waals surface area contributed by atoms with Crippen molar-refractivity contribution in [3.63, 3.8) is 0 Å². The van der Waals surface area contributed by atoms with E-state index >= 15 is 0 Å². The summed E-state index contributed by atoms with van der Waals surface area (Å²) >= 11 is 0. The summed E-state index contributed by atoms with van der Waals surface area (Å²) in [6.45, 7) is 8.00. The van der Waals surface area contributed by atoms with E-state index in [1.165, 1.54) is 11.5 Å². The van der Waals surface area contributed by atoms with Gasteiger partial charge in [-0.3, -0.25) is 4.79 Å². The first-order chi connectivity index (χ1) is 14.4. The third kappa shape index (κ3) is 5.51. The van der Waals surface area contributed by atoms with Gasteiger partial charge in [-0.15, -0.1) is 0 Å². The molecule has 0 fully saturated rings. The minimum absolute atomic E-state index is 0.0625. The van der Waals surface area contributed by atoms with Crippen LogP contribution in [-0.2, 0) is 11.8 Å². The van der Waals surface area contributed by atoms with Crippen LogP contribution in [0.25, 0.3) is 28.1 Å². The van der Waals surface area contributed by atoms with Crippen LogP contribution in [0.5, 0.6) is 0 Å². The van der Waals surface area contributed by atoms with Gasteiger partial charge in [-0.1, -0.05) is 45.9 Å². The number of rotatable bonds is 4. The molecular formula is C25H32N4O. The summed E-state index contributed by atoms with van der Waals surface area (Å²) in [5.74, 6) is -0.724. The zero-order valence-corrected chi connectivity index (χ0v) is 19.0. The minimum Gasteiger partial charge on any atom is -0.378 e. The largest absolute Gasteiger partial charge is 0.378 e. The minimum atomic E-state index is -0.724. The number of nitrogens with two attached hydrogens (primary N) is 1. The van der Waals surface area contributed by atoms with Gasteiger partial charge in [-0.05, 0) is 52.7 Å². The van der Waals surface area contributed by atoms with Gasteiger partial charge in [0.2, 0.25) is 0 Å². The highest BCUT2D eigenvalue weighted by Crippen LogP contribution is 2.28. The smallest absolute Gasteiger partial charge is 0.259 e. The lowest BCUT2D eigenvalue weighted by molar-refractivity contribution is -0.114. The molecule has 3 rings (SSSR count). The predicted octanol–water partition coefficient (Wildman–Crippen LogP) is 5.36. The molecule has 3 aromatic rings. The number of hydrogen-bond donors (Lipinski definition) is 1. The van der Waals surface area contributed by atoms with Gasteiger partial charge in [0, 0.05) is 38.2 Å². The van der Waals surface area contributed by atoms with Gasteiger partial charge in [-0.25, -0.2) is 0 Å². The molecule has 1 aromatic heterocycles. The van der Waals surface area contributed by atoms with Crippen molar-refractivity contribution in [2.24, 2.45) is 12.8 Å². The molecule has 1 amide bonds. The number of primary amides is 1. The number of amides is 1. The van der Waals surface area contributed by atoms with Crippen molar-refractivity contribution in [3.05, 3.63) is 59.8 Å². The number of nitrogens with zero attached hydrogens (tertiary/aromatic N) is 3. The van der Waals surface area contributed by atoms with Gasteiger partial charge >= 0.3 is 0 Å². The summed E-state index contributed by atoms with van der Waals surface area (Å²) in [5.41, 5.74) is 9.12. The van der Waals surface area contributed by atoms with E-state index in [9.17, 15) is 4.79 Å². The van der Waals surface area contributed by atoms with Crippen LogP contribution < -0.4 is 10.6 Å². The maximum Gasteiger partial charge on any atom is 0.259 e. The van der Waals surface area contributed by atoms with Crippen molar-refractivity contribution < 1.29 is 4.79 Å². The first-order valence-corrected chi connectivity index (χ1v) is 10.2. The highest BCUT2D eigenvalue weighted by molar-refractivity contribution is 6.00. The second-order valence-electron chi connectivity index (χ2n) is 6.38. The monoisotopic (exact) mass is 404 g/mol. The average molecular weight is 405 g/mol. The third-order valence-electron chi connectivity index (χ3n) is 4.47. The molecule has 1 heterocycles. The van der Waals surface area contributed by atoms with E-state index in [2.05, 4.69) is 41.3 Å². The normalized spacial score (nSPS) is 10.3. The Balaban J connectivity index is 0.00000106.